The van der Waals surface area contributed by atoms with Gasteiger partial charge in [0, 0.05) is 0 Å². The summed E-state index contributed by atoms with van der Waals surface area (Å²) in [6, 6.07) is 2.60. The Kier molecular flexibility index (Phi) is 6.31. The Morgan fingerprint density at radius 1 is 0.824 bits per heavy atom. The van der Waals surface area contributed by atoms with Gasteiger partial charge in [0.1, 0.15) is 0 Å². The summed E-state index contributed by atoms with van der Waals surface area (Å²) in [5.74, 6) is 0. The Hall–Kier alpha value is 0.0538. The van der Waals surface area contributed by atoms with Crippen LogP contribution in [-0.4, -0.2) is 72.6 Å². The molecule has 0 radical (unpaired) electrons. The zero-order valence-electron chi connectivity index (χ0n) is 13.0. The molecule has 0 amide bonds. The van der Waals surface area contributed by atoms with Crippen molar-refractivity contribution in [3.8, 4) is 0 Å². The molecule has 0 aliphatic heterocycles. The number of nitrogens with zero attached hydrogens (tertiary/aromatic N) is 3. The van der Waals surface area contributed by atoms with Gasteiger partial charge in [0.25, 0.3) is 8.56 Å². The SMILES string of the molecule is C=C[Si](C)(C)CC[Si](N(C)C)(N(C)C)N(C)C. The summed E-state index contributed by atoms with van der Waals surface area (Å²) in [7, 11) is 10.4. The van der Waals surface area contributed by atoms with Gasteiger partial charge >= 0.3 is 0 Å². The van der Waals surface area contributed by atoms with Crippen molar-refractivity contribution in [1.29, 1.82) is 0 Å². The topological polar surface area (TPSA) is 9.72 Å². The maximum absolute atomic E-state index is 4.00. The summed E-state index contributed by atoms with van der Waals surface area (Å²) < 4.78 is 7.34. The predicted molar refractivity (Wildman–Crippen MR) is 84.1 cm³/mol. The average Bonchev–Trinajstić information content (AvgIpc) is 2.16. The minimum Gasteiger partial charge on any atom is -0.305 e. The van der Waals surface area contributed by atoms with Gasteiger partial charge in [-0.2, -0.15) is 0 Å². The lowest BCUT2D eigenvalue weighted by atomic mass is 10.9. The summed E-state index contributed by atoms with van der Waals surface area (Å²) in [5.41, 5.74) is 2.22. The Morgan fingerprint density at radius 2 is 1.18 bits per heavy atom. The van der Waals surface area contributed by atoms with Crippen LogP contribution >= 0.6 is 0 Å². The van der Waals surface area contributed by atoms with Crippen LogP contribution in [0.3, 0.4) is 0 Å². The molecule has 0 aromatic rings. The molecule has 0 bridgehead atoms. The van der Waals surface area contributed by atoms with E-state index >= 15 is 0 Å². The van der Waals surface area contributed by atoms with Crippen LogP contribution in [0, 0.1) is 0 Å². The Bertz CT molecular complexity index is 228. The van der Waals surface area contributed by atoms with Crippen molar-refractivity contribution in [2.24, 2.45) is 0 Å². The molecule has 102 valence electrons. The molecular weight excluding hydrogens is 242 g/mol. The second kappa shape index (κ2) is 6.29. The Balaban J connectivity index is 5.01. The van der Waals surface area contributed by atoms with Gasteiger partial charge in [0.05, 0.1) is 8.07 Å². The molecule has 0 aromatic carbocycles. The molecule has 0 heterocycles. The Labute approximate surface area is 110 Å². The van der Waals surface area contributed by atoms with Crippen LogP contribution in [0.5, 0.6) is 0 Å². The van der Waals surface area contributed by atoms with E-state index in [1.807, 2.05) is 0 Å². The van der Waals surface area contributed by atoms with Crippen molar-refractivity contribution < 1.29 is 0 Å². The van der Waals surface area contributed by atoms with Gasteiger partial charge in [-0.05, 0) is 48.3 Å². The van der Waals surface area contributed by atoms with E-state index in [-0.39, 0.29) is 0 Å². The van der Waals surface area contributed by atoms with Crippen molar-refractivity contribution >= 4 is 16.6 Å². The van der Waals surface area contributed by atoms with Gasteiger partial charge in [-0.25, -0.2) is 0 Å². The van der Waals surface area contributed by atoms with Crippen molar-refractivity contribution in [3.05, 3.63) is 12.3 Å². The first-order valence-corrected chi connectivity index (χ1v) is 11.6. The van der Waals surface area contributed by atoms with Crippen molar-refractivity contribution in [2.45, 2.75) is 25.2 Å². The molecule has 0 saturated carbocycles. The van der Waals surface area contributed by atoms with E-state index in [9.17, 15) is 0 Å². The third-order valence-electron chi connectivity index (χ3n) is 3.81. The largest absolute Gasteiger partial charge is 0.305 e. The molecule has 0 spiro atoms. The highest BCUT2D eigenvalue weighted by molar-refractivity contribution is 6.84. The summed E-state index contributed by atoms with van der Waals surface area (Å²) in [5, 5.41) is 0. The second-order valence-corrected chi connectivity index (χ2v) is 15.8. The van der Waals surface area contributed by atoms with Crippen LogP contribution < -0.4 is 0 Å². The van der Waals surface area contributed by atoms with Crippen LogP contribution in [0.1, 0.15) is 0 Å². The van der Waals surface area contributed by atoms with Gasteiger partial charge in [0.2, 0.25) is 0 Å². The molecule has 0 unspecified atom stereocenters. The summed E-state index contributed by atoms with van der Waals surface area (Å²) in [4.78, 5) is 0. The monoisotopic (exact) mass is 273 g/mol. The molecule has 0 N–H and O–H groups in total. The van der Waals surface area contributed by atoms with Crippen molar-refractivity contribution in [1.82, 2.24) is 13.7 Å². The van der Waals surface area contributed by atoms with E-state index in [2.05, 4.69) is 81.4 Å². The lowest BCUT2D eigenvalue weighted by molar-refractivity contribution is 0.378. The van der Waals surface area contributed by atoms with Crippen LogP contribution in [0.4, 0.5) is 0 Å². The highest BCUT2D eigenvalue weighted by Gasteiger charge is 2.43. The minimum absolute atomic E-state index is 1.21. The van der Waals surface area contributed by atoms with Crippen LogP contribution in [0.25, 0.3) is 0 Å². The van der Waals surface area contributed by atoms with Gasteiger partial charge in [-0.3, -0.25) is 0 Å². The zero-order valence-corrected chi connectivity index (χ0v) is 15.0. The first-order valence-electron chi connectivity index (χ1n) is 6.26. The molecule has 0 rings (SSSR count). The fraction of sp³-hybridized carbons (Fsp3) is 0.833. The van der Waals surface area contributed by atoms with Crippen LogP contribution in [0.15, 0.2) is 12.3 Å². The van der Waals surface area contributed by atoms with Crippen molar-refractivity contribution in [2.75, 3.05) is 42.3 Å². The maximum Gasteiger partial charge on any atom is 0.287 e. The predicted octanol–water partition coefficient (Wildman–Crippen LogP) is 2.04. The molecule has 5 heteroatoms. The van der Waals surface area contributed by atoms with Crippen molar-refractivity contribution in [3.63, 3.8) is 0 Å². The van der Waals surface area contributed by atoms with Crippen LogP contribution in [0.2, 0.25) is 25.2 Å². The zero-order chi connectivity index (χ0) is 13.9. The number of hydrogen-bond donors (Lipinski definition) is 0. The summed E-state index contributed by atoms with van der Waals surface area (Å²) >= 11 is 0. The lowest BCUT2D eigenvalue weighted by Gasteiger charge is -2.47. The Morgan fingerprint density at radius 3 is 1.41 bits per heavy atom. The highest BCUT2D eigenvalue weighted by Crippen LogP contribution is 2.25. The van der Waals surface area contributed by atoms with E-state index in [0.717, 1.165) is 0 Å². The van der Waals surface area contributed by atoms with Gasteiger partial charge < -0.3 is 13.7 Å². The van der Waals surface area contributed by atoms with E-state index in [1.54, 1.807) is 0 Å². The number of hydrogen-bond acceptors (Lipinski definition) is 3. The van der Waals surface area contributed by atoms with E-state index < -0.39 is 16.6 Å². The average molecular weight is 274 g/mol. The maximum atomic E-state index is 4.00. The minimum atomic E-state index is -1.67. The first-order chi connectivity index (χ1) is 7.60. The summed E-state index contributed by atoms with van der Waals surface area (Å²) in [6.07, 6.45) is 0. The third-order valence-corrected chi connectivity index (χ3v) is 12.2. The molecule has 17 heavy (non-hydrogen) atoms. The molecule has 3 nitrogen and oxygen atoms in total. The first kappa shape index (κ1) is 17.1. The quantitative estimate of drug-likeness (QED) is 0.657. The smallest absolute Gasteiger partial charge is 0.287 e. The third kappa shape index (κ3) is 4.03. The summed E-state index contributed by atoms with van der Waals surface area (Å²) in [6.45, 7) is 8.81. The normalized spacial score (nSPS) is 13.8. The molecule has 0 atom stereocenters. The fourth-order valence-corrected chi connectivity index (χ4v) is 10.3. The molecule has 0 aromatic heterocycles. The molecule has 0 aliphatic carbocycles. The molecular formula is C12H31N3Si2. The molecule has 0 saturated heterocycles. The highest BCUT2D eigenvalue weighted by atomic mass is 28.4. The second-order valence-electron chi connectivity index (χ2n) is 6.15. The van der Waals surface area contributed by atoms with Gasteiger partial charge in [-0.15, -0.1) is 12.3 Å². The lowest BCUT2D eigenvalue weighted by Crippen LogP contribution is -2.69. The van der Waals surface area contributed by atoms with Gasteiger partial charge in [0.15, 0.2) is 0 Å². The molecule has 0 aliphatic rings. The molecule has 0 fully saturated rings. The standard InChI is InChI=1S/C12H31N3Si2/c1-10-16(8,9)11-12-17(13(2)3,14(4)5)15(6)7/h10H,1,11-12H2,2-9H3. The van der Waals surface area contributed by atoms with E-state index in [0.29, 0.717) is 0 Å². The number of rotatable bonds is 7. The van der Waals surface area contributed by atoms with Gasteiger partial charge in [-0.1, -0.05) is 19.1 Å². The van der Waals surface area contributed by atoms with E-state index in [4.69, 9.17) is 0 Å². The van der Waals surface area contributed by atoms with E-state index in [1.165, 1.54) is 12.1 Å². The fourth-order valence-electron chi connectivity index (χ4n) is 2.46. The van der Waals surface area contributed by atoms with Crippen LogP contribution in [-0.2, 0) is 0 Å².